The number of aryl methyl sites for hydroxylation is 1. The Morgan fingerprint density at radius 3 is 2.59 bits per heavy atom. The molecule has 3 N–H and O–H groups in total. The number of hydrogen-bond donors (Lipinski definition) is 2. The number of fused-ring (bicyclic) bond motifs is 3. The molecule has 0 radical (unpaired) electrons. The lowest BCUT2D eigenvalue weighted by Crippen LogP contribution is -1.86. The second-order valence-electron chi connectivity index (χ2n) is 5.59. The number of H-pyrrole nitrogens is 1. The quantitative estimate of drug-likeness (QED) is 0.475. The zero-order chi connectivity index (χ0) is 15.3. The zero-order valence-electron chi connectivity index (χ0n) is 12.2. The highest BCUT2D eigenvalue weighted by atomic mass is 19.1. The average molecular weight is 290 g/mol. The van der Waals surface area contributed by atoms with Crippen LogP contribution in [0.1, 0.15) is 5.56 Å². The predicted octanol–water partition coefficient (Wildman–Crippen LogP) is 5.02. The summed E-state index contributed by atoms with van der Waals surface area (Å²) in [6, 6.07) is 16.7. The van der Waals surface area contributed by atoms with Crippen molar-refractivity contribution in [2.75, 3.05) is 5.73 Å². The zero-order valence-corrected chi connectivity index (χ0v) is 12.2. The highest BCUT2D eigenvalue weighted by Gasteiger charge is 2.14. The van der Waals surface area contributed by atoms with Crippen molar-refractivity contribution in [2.24, 2.45) is 0 Å². The second kappa shape index (κ2) is 4.60. The van der Waals surface area contributed by atoms with Gasteiger partial charge in [0.1, 0.15) is 5.82 Å². The second-order valence-corrected chi connectivity index (χ2v) is 5.59. The molecule has 0 saturated carbocycles. The van der Waals surface area contributed by atoms with Gasteiger partial charge in [-0.1, -0.05) is 36.4 Å². The number of halogens is 1. The standard InChI is InChI=1S/C19H15FN2/c1-11-6-8-14(13-4-2-3-5-16(13)20)18-15-9-7-12(21)10-17(15)22-19(11)18/h2-10,22H,21H2,1H3. The van der Waals surface area contributed by atoms with Gasteiger partial charge in [0.05, 0.1) is 5.52 Å². The van der Waals surface area contributed by atoms with Crippen molar-refractivity contribution in [3.63, 3.8) is 0 Å². The fourth-order valence-electron chi connectivity index (χ4n) is 3.07. The summed E-state index contributed by atoms with van der Waals surface area (Å²) in [7, 11) is 0. The maximum atomic E-state index is 14.2. The maximum absolute atomic E-state index is 14.2. The third kappa shape index (κ3) is 1.79. The van der Waals surface area contributed by atoms with Gasteiger partial charge in [-0.3, -0.25) is 0 Å². The number of benzene rings is 3. The summed E-state index contributed by atoms with van der Waals surface area (Å²) in [5.74, 6) is -0.211. The summed E-state index contributed by atoms with van der Waals surface area (Å²) in [5, 5.41) is 2.10. The van der Waals surface area contributed by atoms with Crippen LogP contribution < -0.4 is 5.73 Å². The van der Waals surface area contributed by atoms with Crippen molar-refractivity contribution in [1.82, 2.24) is 4.98 Å². The molecule has 0 saturated heterocycles. The van der Waals surface area contributed by atoms with Crippen LogP contribution in [0.5, 0.6) is 0 Å². The number of nitrogens with one attached hydrogen (secondary N) is 1. The topological polar surface area (TPSA) is 41.8 Å². The summed E-state index contributed by atoms with van der Waals surface area (Å²) in [5.41, 5.74) is 11.2. The van der Waals surface area contributed by atoms with Crippen LogP contribution in [0.3, 0.4) is 0 Å². The van der Waals surface area contributed by atoms with E-state index < -0.39 is 0 Å². The van der Waals surface area contributed by atoms with E-state index in [1.165, 1.54) is 6.07 Å². The van der Waals surface area contributed by atoms with Gasteiger partial charge in [0.2, 0.25) is 0 Å². The summed E-state index contributed by atoms with van der Waals surface area (Å²) >= 11 is 0. The Morgan fingerprint density at radius 1 is 0.955 bits per heavy atom. The van der Waals surface area contributed by atoms with Gasteiger partial charge >= 0.3 is 0 Å². The first-order valence-corrected chi connectivity index (χ1v) is 7.20. The molecule has 22 heavy (non-hydrogen) atoms. The summed E-state index contributed by atoms with van der Waals surface area (Å²) in [6.07, 6.45) is 0. The maximum Gasteiger partial charge on any atom is 0.131 e. The molecule has 1 heterocycles. The first-order valence-electron chi connectivity index (χ1n) is 7.20. The van der Waals surface area contributed by atoms with Crippen molar-refractivity contribution in [3.8, 4) is 11.1 Å². The van der Waals surface area contributed by atoms with Gasteiger partial charge in [-0.05, 0) is 36.2 Å². The third-order valence-electron chi connectivity index (χ3n) is 4.15. The van der Waals surface area contributed by atoms with Crippen molar-refractivity contribution >= 4 is 27.5 Å². The SMILES string of the molecule is Cc1ccc(-c2ccccc2F)c2c1[nH]c1cc(N)ccc12. The number of anilines is 1. The molecule has 1 aromatic heterocycles. The Kier molecular flexibility index (Phi) is 2.70. The Morgan fingerprint density at radius 2 is 1.77 bits per heavy atom. The third-order valence-corrected chi connectivity index (χ3v) is 4.15. The minimum atomic E-state index is -0.211. The van der Waals surface area contributed by atoms with Gasteiger partial charge in [-0.15, -0.1) is 0 Å². The fraction of sp³-hybridized carbons (Fsp3) is 0.0526. The van der Waals surface area contributed by atoms with Gasteiger partial charge in [0.15, 0.2) is 0 Å². The van der Waals surface area contributed by atoms with E-state index in [0.29, 0.717) is 11.3 Å². The van der Waals surface area contributed by atoms with Crippen LogP contribution in [-0.4, -0.2) is 4.98 Å². The summed E-state index contributed by atoms with van der Waals surface area (Å²) < 4.78 is 14.2. The van der Waals surface area contributed by atoms with E-state index in [-0.39, 0.29) is 5.82 Å². The number of rotatable bonds is 1. The van der Waals surface area contributed by atoms with Gasteiger partial charge in [-0.2, -0.15) is 0 Å². The molecule has 0 atom stereocenters. The highest BCUT2D eigenvalue weighted by Crippen LogP contribution is 2.37. The number of aromatic nitrogens is 1. The van der Waals surface area contributed by atoms with Crippen molar-refractivity contribution in [3.05, 3.63) is 66.0 Å². The van der Waals surface area contributed by atoms with Gasteiger partial charge in [-0.25, -0.2) is 4.39 Å². The van der Waals surface area contributed by atoms with Gasteiger partial charge < -0.3 is 10.7 Å². The van der Waals surface area contributed by atoms with Gasteiger partial charge in [0, 0.05) is 27.5 Å². The Labute approximate surface area is 127 Å². The smallest absolute Gasteiger partial charge is 0.131 e. The van der Waals surface area contributed by atoms with Crippen LogP contribution in [0.25, 0.3) is 32.9 Å². The molecule has 4 aromatic rings. The van der Waals surface area contributed by atoms with Crippen molar-refractivity contribution in [2.45, 2.75) is 6.92 Å². The molecule has 0 aliphatic heterocycles. The van der Waals surface area contributed by atoms with Crippen LogP contribution in [0, 0.1) is 12.7 Å². The van der Waals surface area contributed by atoms with Crippen LogP contribution in [0.2, 0.25) is 0 Å². The van der Waals surface area contributed by atoms with E-state index in [0.717, 1.165) is 32.9 Å². The molecule has 0 fully saturated rings. The molecule has 0 amide bonds. The Hall–Kier alpha value is -2.81. The van der Waals surface area contributed by atoms with Crippen molar-refractivity contribution < 1.29 is 4.39 Å². The molecule has 3 heteroatoms. The lowest BCUT2D eigenvalue weighted by atomic mass is 9.97. The largest absolute Gasteiger partial charge is 0.399 e. The highest BCUT2D eigenvalue weighted by molar-refractivity contribution is 6.15. The van der Waals surface area contributed by atoms with Crippen molar-refractivity contribution in [1.29, 1.82) is 0 Å². The number of nitrogen functional groups attached to an aromatic ring is 1. The molecule has 2 nitrogen and oxygen atoms in total. The fourth-order valence-corrected chi connectivity index (χ4v) is 3.07. The monoisotopic (exact) mass is 290 g/mol. The summed E-state index contributed by atoms with van der Waals surface area (Å²) in [6.45, 7) is 2.05. The predicted molar refractivity (Wildman–Crippen MR) is 90.3 cm³/mol. The first-order chi connectivity index (χ1) is 10.6. The molecule has 0 spiro atoms. The first kappa shape index (κ1) is 12.9. The Bertz CT molecular complexity index is 1010. The number of hydrogen-bond acceptors (Lipinski definition) is 1. The molecule has 0 aliphatic carbocycles. The molecular weight excluding hydrogens is 275 g/mol. The number of aromatic amines is 1. The normalized spacial score (nSPS) is 11.4. The van der Waals surface area contributed by atoms with E-state index >= 15 is 0 Å². The molecule has 108 valence electrons. The van der Waals surface area contributed by atoms with Crippen LogP contribution in [0.4, 0.5) is 10.1 Å². The molecule has 0 aliphatic rings. The number of nitrogens with two attached hydrogens (primary N) is 1. The molecule has 3 aromatic carbocycles. The molecule has 0 unspecified atom stereocenters. The van der Waals surface area contributed by atoms with Gasteiger partial charge in [0.25, 0.3) is 0 Å². The van der Waals surface area contributed by atoms with Crippen LogP contribution in [0.15, 0.2) is 54.6 Å². The van der Waals surface area contributed by atoms with E-state index in [4.69, 9.17) is 5.73 Å². The minimum absolute atomic E-state index is 0.211. The molecular formula is C19H15FN2. The lowest BCUT2D eigenvalue weighted by molar-refractivity contribution is 0.631. The van der Waals surface area contributed by atoms with E-state index in [2.05, 4.69) is 4.98 Å². The van der Waals surface area contributed by atoms with Crippen LogP contribution in [-0.2, 0) is 0 Å². The Balaban J connectivity index is 2.18. The van der Waals surface area contributed by atoms with Crippen LogP contribution >= 0.6 is 0 Å². The minimum Gasteiger partial charge on any atom is -0.399 e. The molecule has 4 rings (SSSR count). The average Bonchev–Trinajstić information content (AvgIpc) is 2.88. The molecule has 0 bridgehead atoms. The van der Waals surface area contributed by atoms with E-state index in [1.807, 2.05) is 49.4 Å². The van der Waals surface area contributed by atoms with E-state index in [1.54, 1.807) is 6.07 Å². The summed E-state index contributed by atoms with van der Waals surface area (Å²) in [4.78, 5) is 3.41. The van der Waals surface area contributed by atoms with E-state index in [9.17, 15) is 4.39 Å². The lowest BCUT2D eigenvalue weighted by Gasteiger charge is -2.07.